The molecule has 1 rings (SSSR count). The normalized spacial score (nSPS) is 19.7. The molecule has 0 aromatic carbocycles. The smallest absolute Gasteiger partial charge is 0.410 e. The lowest BCUT2D eigenvalue weighted by Crippen LogP contribution is -2.51. The second-order valence-electron chi connectivity index (χ2n) is 5.60. The third-order valence-corrected chi connectivity index (χ3v) is 2.70. The van der Waals surface area contributed by atoms with E-state index in [0.717, 1.165) is 0 Å². The number of amides is 1. The van der Waals surface area contributed by atoms with Crippen molar-refractivity contribution in [2.24, 2.45) is 0 Å². The third-order valence-electron chi connectivity index (χ3n) is 2.70. The number of nitrogens with zero attached hydrogens (tertiary/aromatic N) is 2. The van der Waals surface area contributed by atoms with E-state index in [2.05, 4.69) is 0 Å². The molecule has 1 saturated heterocycles. The largest absolute Gasteiger partial charge is 0.444 e. The minimum atomic E-state index is -0.710. The van der Waals surface area contributed by atoms with Gasteiger partial charge in [-0.2, -0.15) is 0 Å². The molecule has 106 valence electrons. The van der Waals surface area contributed by atoms with Crippen LogP contribution in [0.2, 0.25) is 0 Å². The predicted molar refractivity (Wildman–Crippen MR) is 67.3 cm³/mol. The van der Waals surface area contributed by atoms with Crippen LogP contribution in [0.15, 0.2) is 0 Å². The average Bonchev–Trinajstić information content (AvgIpc) is 2.27. The van der Waals surface area contributed by atoms with E-state index in [0.29, 0.717) is 32.7 Å². The molecule has 1 aliphatic heterocycles. The van der Waals surface area contributed by atoms with Gasteiger partial charge in [-0.1, -0.05) is 0 Å². The molecule has 6 heteroatoms. The van der Waals surface area contributed by atoms with Gasteiger partial charge in [-0.05, 0) is 20.8 Å². The molecule has 0 radical (unpaired) electrons. The van der Waals surface area contributed by atoms with Crippen molar-refractivity contribution in [1.29, 1.82) is 0 Å². The van der Waals surface area contributed by atoms with Crippen molar-refractivity contribution in [2.45, 2.75) is 32.5 Å². The van der Waals surface area contributed by atoms with Gasteiger partial charge in [0, 0.05) is 32.7 Å². The van der Waals surface area contributed by atoms with Crippen LogP contribution in [-0.4, -0.2) is 77.1 Å². The minimum Gasteiger partial charge on any atom is -0.444 e. The summed E-state index contributed by atoms with van der Waals surface area (Å²) in [5.74, 6) is 0. The molecular formula is C12H24N2O4. The summed E-state index contributed by atoms with van der Waals surface area (Å²) in [6.07, 6.45) is -0.997. The molecule has 1 atom stereocenters. The Morgan fingerprint density at radius 2 is 1.83 bits per heavy atom. The van der Waals surface area contributed by atoms with Gasteiger partial charge in [0.25, 0.3) is 0 Å². The topological polar surface area (TPSA) is 73.2 Å². The third kappa shape index (κ3) is 5.20. The molecule has 0 aliphatic carbocycles. The summed E-state index contributed by atoms with van der Waals surface area (Å²) in [6.45, 7) is 8.31. The van der Waals surface area contributed by atoms with E-state index < -0.39 is 11.7 Å². The highest BCUT2D eigenvalue weighted by Crippen LogP contribution is 2.11. The number of aliphatic hydroxyl groups excluding tert-OH is 2. The Labute approximate surface area is 108 Å². The molecule has 1 fully saturated rings. The summed E-state index contributed by atoms with van der Waals surface area (Å²) in [7, 11) is 0. The number of aliphatic hydroxyl groups is 2. The van der Waals surface area contributed by atoms with Crippen molar-refractivity contribution in [1.82, 2.24) is 9.80 Å². The van der Waals surface area contributed by atoms with Crippen molar-refractivity contribution in [3.05, 3.63) is 0 Å². The highest BCUT2D eigenvalue weighted by molar-refractivity contribution is 5.68. The van der Waals surface area contributed by atoms with Crippen LogP contribution in [-0.2, 0) is 4.74 Å². The number of β-amino-alcohol motifs (C(OH)–C–C–N with tert-alkyl or cyclic N) is 1. The van der Waals surface area contributed by atoms with E-state index >= 15 is 0 Å². The van der Waals surface area contributed by atoms with Gasteiger partial charge in [0.15, 0.2) is 0 Å². The Morgan fingerprint density at radius 3 is 2.28 bits per heavy atom. The zero-order valence-electron chi connectivity index (χ0n) is 11.4. The summed E-state index contributed by atoms with van der Waals surface area (Å²) >= 11 is 0. The SMILES string of the molecule is CC(C)(C)OC(=O)N1CCN(CC(O)CO)CC1. The van der Waals surface area contributed by atoms with Crippen molar-refractivity contribution in [3.63, 3.8) is 0 Å². The summed E-state index contributed by atoms with van der Waals surface area (Å²) in [6, 6.07) is 0. The van der Waals surface area contributed by atoms with E-state index in [4.69, 9.17) is 9.84 Å². The highest BCUT2D eigenvalue weighted by Gasteiger charge is 2.26. The first-order valence-corrected chi connectivity index (χ1v) is 6.31. The lowest BCUT2D eigenvalue weighted by Gasteiger charge is -2.36. The molecular weight excluding hydrogens is 236 g/mol. The Morgan fingerprint density at radius 1 is 1.28 bits per heavy atom. The zero-order chi connectivity index (χ0) is 13.8. The molecule has 0 spiro atoms. The second-order valence-corrected chi connectivity index (χ2v) is 5.60. The fraction of sp³-hybridized carbons (Fsp3) is 0.917. The number of piperazine rings is 1. The maximum atomic E-state index is 11.8. The van der Waals surface area contributed by atoms with Crippen LogP contribution in [0.4, 0.5) is 4.79 Å². The van der Waals surface area contributed by atoms with Crippen LogP contribution >= 0.6 is 0 Å². The Hall–Kier alpha value is -0.850. The monoisotopic (exact) mass is 260 g/mol. The van der Waals surface area contributed by atoms with Gasteiger partial charge < -0.3 is 19.8 Å². The van der Waals surface area contributed by atoms with Crippen molar-refractivity contribution in [2.75, 3.05) is 39.3 Å². The fourth-order valence-corrected chi connectivity index (χ4v) is 1.80. The van der Waals surface area contributed by atoms with Crippen molar-refractivity contribution in [3.8, 4) is 0 Å². The van der Waals surface area contributed by atoms with Gasteiger partial charge in [-0.25, -0.2) is 4.79 Å². The molecule has 6 nitrogen and oxygen atoms in total. The van der Waals surface area contributed by atoms with Crippen LogP contribution in [0.25, 0.3) is 0 Å². The van der Waals surface area contributed by atoms with Crippen LogP contribution in [0.5, 0.6) is 0 Å². The molecule has 1 amide bonds. The number of hydrogen-bond acceptors (Lipinski definition) is 5. The molecule has 0 aromatic rings. The van der Waals surface area contributed by atoms with E-state index in [9.17, 15) is 9.90 Å². The number of hydrogen-bond donors (Lipinski definition) is 2. The summed E-state index contributed by atoms with van der Waals surface area (Å²) in [5.41, 5.74) is -0.471. The summed E-state index contributed by atoms with van der Waals surface area (Å²) < 4.78 is 5.29. The van der Waals surface area contributed by atoms with Crippen molar-refractivity contribution >= 4 is 6.09 Å². The summed E-state index contributed by atoms with van der Waals surface area (Å²) in [5, 5.41) is 18.1. The predicted octanol–water partition coefficient (Wildman–Crippen LogP) is -0.108. The van der Waals surface area contributed by atoms with Gasteiger partial charge in [0.05, 0.1) is 12.7 Å². The van der Waals surface area contributed by atoms with Gasteiger partial charge in [-0.15, -0.1) is 0 Å². The van der Waals surface area contributed by atoms with Crippen molar-refractivity contribution < 1.29 is 19.7 Å². The molecule has 0 bridgehead atoms. The van der Waals surface area contributed by atoms with Crippen LogP contribution in [0, 0.1) is 0 Å². The molecule has 18 heavy (non-hydrogen) atoms. The van der Waals surface area contributed by atoms with Gasteiger partial charge in [-0.3, -0.25) is 4.90 Å². The standard InChI is InChI=1S/C12H24N2O4/c1-12(2,3)18-11(17)14-6-4-13(5-7-14)8-10(16)9-15/h10,15-16H,4-9H2,1-3H3. The van der Waals surface area contributed by atoms with E-state index in [1.807, 2.05) is 25.7 Å². The Kier molecular flexibility index (Phi) is 5.37. The molecule has 1 heterocycles. The zero-order valence-corrected chi connectivity index (χ0v) is 11.4. The molecule has 1 aliphatic rings. The molecule has 0 aromatic heterocycles. The van der Waals surface area contributed by atoms with Gasteiger partial charge >= 0.3 is 6.09 Å². The highest BCUT2D eigenvalue weighted by atomic mass is 16.6. The number of carbonyl (C=O) groups excluding carboxylic acids is 1. The van der Waals surface area contributed by atoms with Gasteiger partial charge in [0.2, 0.25) is 0 Å². The van der Waals surface area contributed by atoms with E-state index in [-0.39, 0.29) is 12.7 Å². The average molecular weight is 260 g/mol. The lowest BCUT2D eigenvalue weighted by molar-refractivity contribution is 0.00592. The molecule has 2 N–H and O–H groups in total. The van der Waals surface area contributed by atoms with Gasteiger partial charge in [0.1, 0.15) is 5.60 Å². The van der Waals surface area contributed by atoms with Crippen LogP contribution < -0.4 is 0 Å². The van der Waals surface area contributed by atoms with E-state index in [1.165, 1.54) is 0 Å². The maximum absolute atomic E-state index is 11.8. The fourth-order valence-electron chi connectivity index (χ4n) is 1.80. The number of rotatable bonds is 3. The Bertz CT molecular complexity index is 270. The number of carbonyl (C=O) groups is 1. The quantitative estimate of drug-likeness (QED) is 0.741. The number of ether oxygens (including phenoxy) is 1. The first-order chi connectivity index (χ1) is 8.31. The molecule has 0 saturated carbocycles. The second kappa shape index (κ2) is 6.36. The lowest BCUT2D eigenvalue weighted by atomic mass is 10.2. The first kappa shape index (κ1) is 15.2. The minimum absolute atomic E-state index is 0.230. The van der Waals surface area contributed by atoms with E-state index in [1.54, 1.807) is 4.90 Å². The summed E-state index contributed by atoms with van der Waals surface area (Å²) in [4.78, 5) is 15.5. The molecule has 1 unspecified atom stereocenters. The Balaban J connectivity index is 2.33. The van der Waals surface area contributed by atoms with Crippen LogP contribution in [0.3, 0.4) is 0 Å². The first-order valence-electron chi connectivity index (χ1n) is 6.31. The van der Waals surface area contributed by atoms with Crippen LogP contribution in [0.1, 0.15) is 20.8 Å². The maximum Gasteiger partial charge on any atom is 0.410 e.